The third-order valence-electron chi connectivity index (χ3n) is 3.74. The molecule has 0 aliphatic rings. The van der Waals surface area contributed by atoms with E-state index >= 15 is 0 Å². The van der Waals surface area contributed by atoms with Crippen molar-refractivity contribution in [2.45, 2.75) is 39.5 Å². The van der Waals surface area contributed by atoms with E-state index in [4.69, 9.17) is 16.3 Å². The van der Waals surface area contributed by atoms with Gasteiger partial charge in [0, 0.05) is 17.1 Å². The van der Waals surface area contributed by atoms with Crippen molar-refractivity contribution in [1.29, 1.82) is 0 Å². The molecular weight excluding hydrogens is 322 g/mol. The van der Waals surface area contributed by atoms with Crippen LogP contribution in [0.25, 0.3) is 0 Å². The number of benzene rings is 2. The Hall–Kier alpha value is -2.00. The molecule has 0 fully saturated rings. The highest BCUT2D eigenvalue weighted by atomic mass is 35.5. The van der Waals surface area contributed by atoms with Gasteiger partial charge in [0.25, 0.3) is 0 Å². The largest absolute Gasteiger partial charge is 0.494 e. The summed E-state index contributed by atoms with van der Waals surface area (Å²) in [5.74, 6) is 0.839. The lowest BCUT2D eigenvalue weighted by atomic mass is 10.1. The zero-order chi connectivity index (χ0) is 17.4. The SMILES string of the molecule is CCCc1ccc(OCCCC(=O)Nc2ccc(Cl)cc2C)cc1. The van der Waals surface area contributed by atoms with Crippen molar-refractivity contribution in [2.24, 2.45) is 0 Å². The van der Waals surface area contributed by atoms with Gasteiger partial charge in [0.05, 0.1) is 6.61 Å². The molecule has 0 radical (unpaired) electrons. The summed E-state index contributed by atoms with van der Waals surface area (Å²) >= 11 is 5.91. The molecule has 1 amide bonds. The summed E-state index contributed by atoms with van der Waals surface area (Å²) in [6, 6.07) is 13.6. The number of halogens is 1. The number of carbonyl (C=O) groups is 1. The summed E-state index contributed by atoms with van der Waals surface area (Å²) in [6.45, 7) is 4.62. The molecule has 1 N–H and O–H groups in total. The fourth-order valence-electron chi connectivity index (χ4n) is 2.44. The second-order valence-corrected chi connectivity index (χ2v) is 6.29. The lowest BCUT2D eigenvalue weighted by molar-refractivity contribution is -0.116. The zero-order valence-electron chi connectivity index (χ0n) is 14.3. The van der Waals surface area contributed by atoms with Crippen LogP contribution in [0.5, 0.6) is 5.75 Å². The Morgan fingerprint density at radius 3 is 2.58 bits per heavy atom. The molecule has 128 valence electrons. The molecule has 0 aliphatic carbocycles. The van der Waals surface area contributed by atoms with Crippen LogP contribution < -0.4 is 10.1 Å². The number of rotatable bonds is 8. The predicted molar refractivity (Wildman–Crippen MR) is 100.0 cm³/mol. The van der Waals surface area contributed by atoms with Crippen molar-refractivity contribution in [3.8, 4) is 5.75 Å². The quantitative estimate of drug-likeness (QED) is 0.650. The van der Waals surface area contributed by atoms with E-state index in [1.165, 1.54) is 5.56 Å². The summed E-state index contributed by atoms with van der Waals surface area (Å²) in [5.41, 5.74) is 3.08. The van der Waals surface area contributed by atoms with E-state index < -0.39 is 0 Å². The summed E-state index contributed by atoms with van der Waals surface area (Å²) in [5, 5.41) is 3.57. The molecule has 0 atom stereocenters. The first kappa shape index (κ1) is 18.3. The maximum absolute atomic E-state index is 12.0. The number of ether oxygens (including phenoxy) is 1. The minimum atomic E-state index is -0.0117. The normalized spacial score (nSPS) is 10.5. The number of amides is 1. The van der Waals surface area contributed by atoms with Crippen LogP contribution in [-0.4, -0.2) is 12.5 Å². The molecular formula is C20H24ClNO2. The van der Waals surface area contributed by atoms with Crippen molar-refractivity contribution >= 4 is 23.2 Å². The van der Waals surface area contributed by atoms with Crippen LogP contribution in [0.4, 0.5) is 5.69 Å². The van der Waals surface area contributed by atoms with Gasteiger partial charge in [0.2, 0.25) is 5.91 Å². The van der Waals surface area contributed by atoms with Crippen LogP contribution >= 0.6 is 11.6 Å². The van der Waals surface area contributed by atoms with Gasteiger partial charge < -0.3 is 10.1 Å². The number of carbonyl (C=O) groups excluding carboxylic acids is 1. The highest BCUT2D eigenvalue weighted by Gasteiger charge is 2.05. The first-order chi connectivity index (χ1) is 11.6. The van der Waals surface area contributed by atoms with E-state index in [0.717, 1.165) is 29.8 Å². The molecule has 0 unspecified atom stereocenters. The van der Waals surface area contributed by atoms with Crippen molar-refractivity contribution in [2.75, 3.05) is 11.9 Å². The summed E-state index contributed by atoms with van der Waals surface area (Å²) in [7, 11) is 0. The zero-order valence-corrected chi connectivity index (χ0v) is 15.0. The maximum Gasteiger partial charge on any atom is 0.224 e. The van der Waals surface area contributed by atoms with Gasteiger partial charge in [0.15, 0.2) is 0 Å². The van der Waals surface area contributed by atoms with Crippen molar-refractivity contribution < 1.29 is 9.53 Å². The molecule has 0 saturated carbocycles. The van der Waals surface area contributed by atoms with Gasteiger partial charge in [-0.15, -0.1) is 0 Å². The minimum Gasteiger partial charge on any atom is -0.494 e. The number of nitrogens with one attached hydrogen (secondary N) is 1. The van der Waals surface area contributed by atoms with Gasteiger partial charge in [0.1, 0.15) is 5.75 Å². The lowest BCUT2D eigenvalue weighted by Crippen LogP contribution is -2.13. The van der Waals surface area contributed by atoms with Crippen molar-refractivity contribution in [1.82, 2.24) is 0 Å². The Morgan fingerprint density at radius 1 is 1.17 bits per heavy atom. The van der Waals surface area contributed by atoms with Crippen LogP contribution in [0.3, 0.4) is 0 Å². The Bertz CT molecular complexity index is 668. The van der Waals surface area contributed by atoms with E-state index in [1.807, 2.05) is 31.2 Å². The number of hydrogen-bond acceptors (Lipinski definition) is 2. The van der Waals surface area contributed by atoms with Gasteiger partial charge >= 0.3 is 0 Å². The summed E-state index contributed by atoms with van der Waals surface area (Å²) in [4.78, 5) is 12.0. The molecule has 2 rings (SSSR count). The smallest absolute Gasteiger partial charge is 0.224 e. The fourth-order valence-corrected chi connectivity index (χ4v) is 2.67. The molecule has 0 saturated heterocycles. The van der Waals surface area contributed by atoms with E-state index in [0.29, 0.717) is 24.5 Å². The van der Waals surface area contributed by atoms with E-state index in [9.17, 15) is 4.79 Å². The first-order valence-electron chi connectivity index (χ1n) is 8.36. The highest BCUT2D eigenvalue weighted by Crippen LogP contribution is 2.20. The molecule has 0 aliphatic heterocycles. The van der Waals surface area contributed by atoms with Gasteiger partial charge in [-0.3, -0.25) is 4.79 Å². The van der Waals surface area contributed by atoms with E-state index in [2.05, 4.69) is 24.4 Å². The van der Waals surface area contributed by atoms with Crippen LogP contribution in [0, 0.1) is 6.92 Å². The van der Waals surface area contributed by atoms with Gasteiger partial charge in [-0.1, -0.05) is 37.1 Å². The van der Waals surface area contributed by atoms with Crippen LogP contribution in [0.2, 0.25) is 5.02 Å². The van der Waals surface area contributed by atoms with Crippen LogP contribution in [-0.2, 0) is 11.2 Å². The molecule has 0 bridgehead atoms. The summed E-state index contributed by atoms with van der Waals surface area (Å²) in [6.07, 6.45) is 3.33. The minimum absolute atomic E-state index is 0.0117. The average Bonchev–Trinajstić information content (AvgIpc) is 2.56. The van der Waals surface area contributed by atoms with Crippen LogP contribution in [0.15, 0.2) is 42.5 Å². The third-order valence-corrected chi connectivity index (χ3v) is 3.98. The second kappa shape index (κ2) is 9.33. The highest BCUT2D eigenvalue weighted by molar-refractivity contribution is 6.30. The lowest BCUT2D eigenvalue weighted by Gasteiger charge is -2.09. The van der Waals surface area contributed by atoms with Gasteiger partial charge in [-0.2, -0.15) is 0 Å². The Labute approximate surface area is 149 Å². The maximum atomic E-state index is 12.0. The molecule has 0 heterocycles. The molecule has 2 aromatic carbocycles. The molecule has 24 heavy (non-hydrogen) atoms. The van der Waals surface area contributed by atoms with E-state index in [-0.39, 0.29) is 5.91 Å². The molecule has 0 spiro atoms. The van der Waals surface area contributed by atoms with Gasteiger partial charge in [-0.25, -0.2) is 0 Å². The Morgan fingerprint density at radius 2 is 1.92 bits per heavy atom. The predicted octanol–water partition coefficient (Wildman–Crippen LogP) is 5.40. The molecule has 3 nitrogen and oxygen atoms in total. The Kier molecular flexibility index (Phi) is 7.13. The second-order valence-electron chi connectivity index (χ2n) is 5.85. The standard InChI is InChI=1S/C20H24ClNO2/c1-3-5-16-7-10-18(11-8-16)24-13-4-6-20(23)22-19-12-9-17(21)14-15(19)2/h7-12,14H,3-6,13H2,1-2H3,(H,22,23). The van der Waals surface area contributed by atoms with Crippen molar-refractivity contribution in [3.05, 3.63) is 58.6 Å². The topological polar surface area (TPSA) is 38.3 Å². The molecule has 0 aromatic heterocycles. The molecule has 4 heteroatoms. The van der Waals surface area contributed by atoms with E-state index in [1.54, 1.807) is 6.07 Å². The monoisotopic (exact) mass is 345 g/mol. The third kappa shape index (κ3) is 5.89. The first-order valence-corrected chi connectivity index (χ1v) is 8.74. The Balaban J connectivity index is 1.70. The number of aryl methyl sites for hydroxylation is 2. The molecule has 2 aromatic rings. The average molecular weight is 346 g/mol. The summed E-state index contributed by atoms with van der Waals surface area (Å²) < 4.78 is 5.68. The van der Waals surface area contributed by atoms with Gasteiger partial charge in [-0.05, 0) is 61.2 Å². The number of anilines is 1. The van der Waals surface area contributed by atoms with Crippen LogP contribution in [0.1, 0.15) is 37.3 Å². The van der Waals surface area contributed by atoms with Crippen molar-refractivity contribution in [3.63, 3.8) is 0 Å². The fraction of sp³-hybridized carbons (Fsp3) is 0.350. The number of hydrogen-bond donors (Lipinski definition) is 1.